The lowest BCUT2D eigenvalue weighted by atomic mass is 9.84. The molecule has 0 saturated carbocycles. The summed E-state index contributed by atoms with van der Waals surface area (Å²) in [4.78, 5) is 2.55. The lowest BCUT2D eigenvalue weighted by Crippen LogP contribution is -2.59. The van der Waals surface area contributed by atoms with Crippen molar-refractivity contribution in [2.75, 3.05) is 18.0 Å². The Balaban J connectivity index is 2.23. The fraction of sp³-hybridized carbons (Fsp3) is 0.600. The summed E-state index contributed by atoms with van der Waals surface area (Å²) in [7, 11) is 0. The van der Waals surface area contributed by atoms with E-state index in [1.807, 2.05) is 0 Å². The van der Waals surface area contributed by atoms with Gasteiger partial charge in [0.15, 0.2) is 0 Å². The van der Waals surface area contributed by atoms with Gasteiger partial charge in [0.1, 0.15) is 0 Å². The number of benzene rings is 1. The van der Waals surface area contributed by atoms with Gasteiger partial charge in [-0.15, -0.1) is 0 Å². The van der Waals surface area contributed by atoms with E-state index < -0.39 is 0 Å². The first-order valence-corrected chi connectivity index (χ1v) is 7.72. The van der Waals surface area contributed by atoms with Crippen molar-refractivity contribution >= 4 is 28.3 Å². The standard InChI is InChI=1S/C15H23IN2/c1-11-9-17-14(15(2,3)4)10-18(11)13-8-6-5-7-12(13)16/h5-8,11,14,17H,9-10H2,1-4H3. The van der Waals surface area contributed by atoms with Gasteiger partial charge >= 0.3 is 0 Å². The molecule has 1 aromatic carbocycles. The fourth-order valence-electron chi connectivity index (χ4n) is 2.46. The van der Waals surface area contributed by atoms with E-state index in [9.17, 15) is 0 Å². The molecule has 1 aliphatic heterocycles. The monoisotopic (exact) mass is 358 g/mol. The van der Waals surface area contributed by atoms with Gasteiger partial charge in [-0.3, -0.25) is 0 Å². The topological polar surface area (TPSA) is 15.3 Å². The lowest BCUT2D eigenvalue weighted by Gasteiger charge is -2.45. The van der Waals surface area contributed by atoms with Gasteiger partial charge < -0.3 is 10.2 Å². The summed E-state index contributed by atoms with van der Waals surface area (Å²) in [6.07, 6.45) is 0. The zero-order valence-electron chi connectivity index (χ0n) is 11.7. The van der Waals surface area contributed by atoms with Crippen molar-refractivity contribution in [1.29, 1.82) is 0 Å². The van der Waals surface area contributed by atoms with E-state index in [2.05, 4.69) is 84.8 Å². The molecule has 2 rings (SSSR count). The molecule has 0 amide bonds. The summed E-state index contributed by atoms with van der Waals surface area (Å²) in [5.74, 6) is 0. The molecule has 2 atom stereocenters. The van der Waals surface area contributed by atoms with Crippen LogP contribution in [0.15, 0.2) is 24.3 Å². The molecular formula is C15H23IN2. The normalized spacial score (nSPS) is 25.3. The molecule has 1 N–H and O–H groups in total. The average Bonchev–Trinajstić information content (AvgIpc) is 2.29. The summed E-state index contributed by atoms with van der Waals surface area (Å²) in [6, 6.07) is 9.78. The molecule has 1 saturated heterocycles. The number of anilines is 1. The number of hydrogen-bond donors (Lipinski definition) is 1. The van der Waals surface area contributed by atoms with Crippen LogP contribution in [0.4, 0.5) is 5.69 Å². The maximum absolute atomic E-state index is 3.68. The quantitative estimate of drug-likeness (QED) is 0.773. The summed E-state index contributed by atoms with van der Waals surface area (Å²) in [5.41, 5.74) is 1.68. The van der Waals surface area contributed by atoms with E-state index >= 15 is 0 Å². The van der Waals surface area contributed by atoms with Crippen molar-refractivity contribution in [2.24, 2.45) is 5.41 Å². The minimum Gasteiger partial charge on any atom is -0.365 e. The van der Waals surface area contributed by atoms with Crippen molar-refractivity contribution in [1.82, 2.24) is 5.32 Å². The third-order valence-electron chi connectivity index (χ3n) is 3.78. The van der Waals surface area contributed by atoms with Gasteiger partial charge in [0.2, 0.25) is 0 Å². The molecule has 2 nitrogen and oxygen atoms in total. The highest BCUT2D eigenvalue weighted by Gasteiger charge is 2.32. The molecule has 1 fully saturated rings. The first-order valence-electron chi connectivity index (χ1n) is 6.64. The second-order valence-corrected chi connectivity index (χ2v) is 7.44. The number of halogens is 1. The number of rotatable bonds is 1. The highest BCUT2D eigenvalue weighted by atomic mass is 127. The van der Waals surface area contributed by atoms with Gasteiger partial charge in [-0.05, 0) is 47.1 Å². The summed E-state index contributed by atoms with van der Waals surface area (Å²) in [6.45, 7) is 11.4. The van der Waals surface area contributed by atoms with Crippen LogP contribution in [0, 0.1) is 8.99 Å². The molecule has 0 spiro atoms. The van der Waals surface area contributed by atoms with Crippen LogP contribution in [0.25, 0.3) is 0 Å². The van der Waals surface area contributed by atoms with Gasteiger partial charge in [-0.2, -0.15) is 0 Å². The van der Waals surface area contributed by atoms with E-state index in [1.165, 1.54) is 9.26 Å². The largest absolute Gasteiger partial charge is 0.365 e. The zero-order valence-corrected chi connectivity index (χ0v) is 13.9. The molecule has 1 aromatic rings. The van der Waals surface area contributed by atoms with Gasteiger partial charge in [0.05, 0.1) is 5.69 Å². The molecule has 100 valence electrons. The molecule has 0 aliphatic carbocycles. The average molecular weight is 358 g/mol. The highest BCUT2D eigenvalue weighted by molar-refractivity contribution is 14.1. The lowest BCUT2D eigenvalue weighted by molar-refractivity contribution is 0.239. The van der Waals surface area contributed by atoms with E-state index in [-0.39, 0.29) is 0 Å². The Kier molecular flexibility index (Phi) is 4.22. The second kappa shape index (κ2) is 5.37. The maximum atomic E-state index is 3.68. The third-order valence-corrected chi connectivity index (χ3v) is 4.69. The Morgan fingerprint density at radius 3 is 2.56 bits per heavy atom. The Morgan fingerprint density at radius 1 is 1.28 bits per heavy atom. The molecule has 0 radical (unpaired) electrons. The molecule has 3 heteroatoms. The number of nitrogens with zero attached hydrogens (tertiary/aromatic N) is 1. The van der Waals surface area contributed by atoms with Gasteiger partial charge in [-0.1, -0.05) is 32.9 Å². The highest BCUT2D eigenvalue weighted by Crippen LogP contribution is 2.29. The smallest absolute Gasteiger partial charge is 0.0505 e. The minimum atomic E-state index is 0.304. The fourth-order valence-corrected chi connectivity index (χ4v) is 3.16. The summed E-state index contributed by atoms with van der Waals surface area (Å²) in [5, 5.41) is 3.68. The minimum absolute atomic E-state index is 0.304. The van der Waals surface area contributed by atoms with Crippen LogP contribution in [0.3, 0.4) is 0 Å². The molecule has 1 aliphatic rings. The van der Waals surface area contributed by atoms with E-state index in [0.717, 1.165) is 13.1 Å². The van der Waals surface area contributed by atoms with Gasteiger partial charge in [0, 0.05) is 28.7 Å². The first kappa shape index (κ1) is 14.1. The van der Waals surface area contributed by atoms with Crippen LogP contribution in [-0.2, 0) is 0 Å². The van der Waals surface area contributed by atoms with Gasteiger partial charge in [0.25, 0.3) is 0 Å². The Hall–Kier alpha value is -0.290. The molecule has 1 heterocycles. The van der Waals surface area contributed by atoms with Crippen LogP contribution in [0.5, 0.6) is 0 Å². The van der Waals surface area contributed by atoms with Crippen molar-refractivity contribution < 1.29 is 0 Å². The number of hydrogen-bond acceptors (Lipinski definition) is 2. The Labute approximate surface area is 124 Å². The number of para-hydroxylation sites is 1. The molecular weight excluding hydrogens is 335 g/mol. The zero-order chi connectivity index (χ0) is 13.3. The molecule has 0 bridgehead atoms. The SMILES string of the molecule is CC1CNC(C(C)(C)C)CN1c1ccccc1I. The maximum Gasteiger partial charge on any atom is 0.0505 e. The Bertz CT molecular complexity index is 411. The van der Waals surface area contributed by atoms with Crippen LogP contribution >= 0.6 is 22.6 Å². The predicted molar refractivity (Wildman–Crippen MR) is 87.2 cm³/mol. The Morgan fingerprint density at radius 2 is 1.94 bits per heavy atom. The molecule has 18 heavy (non-hydrogen) atoms. The van der Waals surface area contributed by atoms with Crippen molar-refractivity contribution in [3.8, 4) is 0 Å². The number of nitrogens with one attached hydrogen (secondary N) is 1. The molecule has 2 unspecified atom stereocenters. The number of piperazine rings is 1. The predicted octanol–water partition coefficient (Wildman–Crippen LogP) is 3.50. The summed E-state index contributed by atoms with van der Waals surface area (Å²) >= 11 is 2.44. The van der Waals surface area contributed by atoms with Crippen LogP contribution in [0.2, 0.25) is 0 Å². The third kappa shape index (κ3) is 2.99. The summed E-state index contributed by atoms with van der Waals surface area (Å²) < 4.78 is 1.34. The van der Waals surface area contributed by atoms with Crippen LogP contribution < -0.4 is 10.2 Å². The van der Waals surface area contributed by atoms with Crippen LogP contribution in [0.1, 0.15) is 27.7 Å². The van der Waals surface area contributed by atoms with Crippen LogP contribution in [-0.4, -0.2) is 25.2 Å². The second-order valence-electron chi connectivity index (χ2n) is 6.28. The first-order chi connectivity index (χ1) is 8.39. The van der Waals surface area contributed by atoms with Gasteiger partial charge in [-0.25, -0.2) is 0 Å². The van der Waals surface area contributed by atoms with Crippen molar-refractivity contribution in [2.45, 2.75) is 39.8 Å². The molecule has 0 aromatic heterocycles. The van der Waals surface area contributed by atoms with E-state index in [1.54, 1.807) is 0 Å². The van der Waals surface area contributed by atoms with Crippen molar-refractivity contribution in [3.05, 3.63) is 27.8 Å². The van der Waals surface area contributed by atoms with Crippen molar-refractivity contribution in [3.63, 3.8) is 0 Å². The van der Waals surface area contributed by atoms with E-state index in [0.29, 0.717) is 17.5 Å². The van der Waals surface area contributed by atoms with E-state index in [4.69, 9.17) is 0 Å².